The summed E-state index contributed by atoms with van der Waals surface area (Å²) in [6.07, 6.45) is 7.91. The molecule has 0 radical (unpaired) electrons. The molecular formula is C19H30IN5. The van der Waals surface area contributed by atoms with Crippen molar-refractivity contribution in [3.63, 3.8) is 0 Å². The summed E-state index contributed by atoms with van der Waals surface area (Å²) in [5, 5.41) is 6.73. The van der Waals surface area contributed by atoms with Crippen LogP contribution in [0, 0.1) is 5.92 Å². The van der Waals surface area contributed by atoms with Crippen molar-refractivity contribution in [2.75, 3.05) is 19.6 Å². The minimum atomic E-state index is 0. The normalized spacial score (nSPS) is 12.6. The SMILES string of the molecule is CCNC(=NCC(c1cccnc1)C(C)C)NCCn1cccc1.I. The summed E-state index contributed by atoms with van der Waals surface area (Å²) in [6, 6.07) is 8.22. The van der Waals surface area contributed by atoms with E-state index in [0.717, 1.165) is 32.1 Å². The zero-order valence-corrected chi connectivity index (χ0v) is 17.7. The highest BCUT2D eigenvalue weighted by atomic mass is 127. The second kappa shape index (κ2) is 11.9. The molecule has 0 aliphatic rings. The molecule has 5 nitrogen and oxygen atoms in total. The van der Waals surface area contributed by atoms with Gasteiger partial charge in [0.2, 0.25) is 0 Å². The molecular weight excluding hydrogens is 425 g/mol. The molecule has 0 amide bonds. The van der Waals surface area contributed by atoms with Gasteiger partial charge in [0.25, 0.3) is 0 Å². The number of hydrogen-bond acceptors (Lipinski definition) is 2. The number of pyridine rings is 1. The van der Waals surface area contributed by atoms with Gasteiger partial charge in [-0.05, 0) is 36.6 Å². The number of rotatable bonds is 8. The first-order chi connectivity index (χ1) is 11.7. The summed E-state index contributed by atoms with van der Waals surface area (Å²) in [6.45, 7) is 9.94. The third-order valence-electron chi connectivity index (χ3n) is 4.04. The average Bonchev–Trinajstić information content (AvgIpc) is 3.09. The topological polar surface area (TPSA) is 54.2 Å². The first-order valence-electron chi connectivity index (χ1n) is 8.73. The van der Waals surface area contributed by atoms with Gasteiger partial charge in [-0.1, -0.05) is 19.9 Å². The molecule has 138 valence electrons. The van der Waals surface area contributed by atoms with Gasteiger partial charge in [-0.25, -0.2) is 0 Å². The van der Waals surface area contributed by atoms with Gasteiger partial charge < -0.3 is 15.2 Å². The van der Waals surface area contributed by atoms with E-state index in [1.165, 1.54) is 5.56 Å². The molecule has 2 aromatic heterocycles. The molecule has 2 heterocycles. The van der Waals surface area contributed by atoms with Crippen molar-refractivity contribution in [1.82, 2.24) is 20.2 Å². The zero-order valence-electron chi connectivity index (χ0n) is 15.4. The average molecular weight is 455 g/mol. The van der Waals surface area contributed by atoms with Gasteiger partial charge in [0.05, 0.1) is 0 Å². The first kappa shape index (κ1) is 21.5. The number of guanidine groups is 1. The van der Waals surface area contributed by atoms with Gasteiger partial charge in [-0.15, -0.1) is 24.0 Å². The van der Waals surface area contributed by atoms with Crippen LogP contribution in [0.4, 0.5) is 0 Å². The zero-order chi connectivity index (χ0) is 17.2. The molecule has 0 aliphatic heterocycles. The number of hydrogen-bond donors (Lipinski definition) is 2. The highest BCUT2D eigenvalue weighted by molar-refractivity contribution is 14.0. The van der Waals surface area contributed by atoms with Crippen LogP contribution in [0.25, 0.3) is 0 Å². The van der Waals surface area contributed by atoms with Crippen LogP contribution in [0.15, 0.2) is 54.0 Å². The van der Waals surface area contributed by atoms with Gasteiger partial charge in [0, 0.05) is 56.9 Å². The van der Waals surface area contributed by atoms with E-state index in [-0.39, 0.29) is 24.0 Å². The van der Waals surface area contributed by atoms with Crippen LogP contribution in [-0.2, 0) is 6.54 Å². The van der Waals surface area contributed by atoms with E-state index in [1.807, 2.05) is 30.6 Å². The summed E-state index contributed by atoms with van der Waals surface area (Å²) in [7, 11) is 0. The number of nitrogens with one attached hydrogen (secondary N) is 2. The fraction of sp³-hybridized carbons (Fsp3) is 0.474. The molecule has 0 spiro atoms. The van der Waals surface area contributed by atoms with Crippen molar-refractivity contribution < 1.29 is 0 Å². The van der Waals surface area contributed by atoms with Crippen LogP contribution in [-0.4, -0.2) is 35.1 Å². The Bertz CT molecular complexity index is 596. The Kier molecular flexibility index (Phi) is 10.2. The predicted molar refractivity (Wildman–Crippen MR) is 116 cm³/mol. The van der Waals surface area contributed by atoms with Crippen molar-refractivity contribution in [2.24, 2.45) is 10.9 Å². The molecule has 2 aromatic rings. The molecule has 0 bridgehead atoms. The Morgan fingerprint density at radius 2 is 1.96 bits per heavy atom. The Morgan fingerprint density at radius 3 is 2.56 bits per heavy atom. The maximum atomic E-state index is 4.79. The van der Waals surface area contributed by atoms with Crippen molar-refractivity contribution >= 4 is 29.9 Å². The fourth-order valence-corrected chi connectivity index (χ4v) is 2.65. The Hall–Kier alpha value is -1.57. The number of nitrogens with zero attached hydrogens (tertiary/aromatic N) is 3. The van der Waals surface area contributed by atoms with Gasteiger partial charge in [-0.3, -0.25) is 9.98 Å². The lowest BCUT2D eigenvalue weighted by molar-refractivity contribution is 0.504. The highest BCUT2D eigenvalue weighted by Crippen LogP contribution is 2.23. The van der Waals surface area contributed by atoms with Crippen LogP contribution in [0.5, 0.6) is 0 Å². The summed E-state index contributed by atoms with van der Waals surface area (Å²) < 4.78 is 2.16. The van der Waals surface area contributed by atoms with Crippen molar-refractivity contribution in [3.8, 4) is 0 Å². The Balaban J connectivity index is 0.00000312. The van der Waals surface area contributed by atoms with E-state index in [0.29, 0.717) is 11.8 Å². The quantitative estimate of drug-likeness (QED) is 0.364. The third-order valence-corrected chi connectivity index (χ3v) is 4.04. The predicted octanol–water partition coefficient (Wildman–Crippen LogP) is 3.50. The molecule has 25 heavy (non-hydrogen) atoms. The van der Waals surface area contributed by atoms with Crippen LogP contribution >= 0.6 is 24.0 Å². The lowest BCUT2D eigenvalue weighted by Crippen LogP contribution is -2.39. The number of aromatic nitrogens is 2. The smallest absolute Gasteiger partial charge is 0.191 e. The molecule has 0 saturated carbocycles. The van der Waals surface area contributed by atoms with Crippen molar-refractivity contribution in [1.29, 1.82) is 0 Å². The maximum absolute atomic E-state index is 4.79. The molecule has 6 heteroatoms. The molecule has 2 rings (SSSR count). The van der Waals surface area contributed by atoms with Crippen LogP contribution in [0.3, 0.4) is 0 Å². The molecule has 0 aromatic carbocycles. The molecule has 1 unspecified atom stereocenters. The van der Waals surface area contributed by atoms with E-state index in [9.17, 15) is 0 Å². The van der Waals surface area contributed by atoms with Crippen molar-refractivity contribution in [3.05, 3.63) is 54.6 Å². The Morgan fingerprint density at radius 1 is 1.20 bits per heavy atom. The molecule has 0 saturated heterocycles. The minimum absolute atomic E-state index is 0. The standard InChI is InChI=1S/C19H29N5.HI/c1-4-21-19(22-10-13-24-11-5-6-12-24)23-15-18(16(2)3)17-8-7-9-20-14-17;/h5-9,11-12,14,16,18H,4,10,13,15H2,1-3H3,(H2,21,22,23);1H. The lowest BCUT2D eigenvalue weighted by Gasteiger charge is -2.20. The second-order valence-corrected chi connectivity index (χ2v) is 6.20. The second-order valence-electron chi connectivity index (χ2n) is 6.20. The van der Waals surface area contributed by atoms with Crippen molar-refractivity contribution in [2.45, 2.75) is 33.2 Å². The minimum Gasteiger partial charge on any atom is -0.357 e. The number of halogens is 1. The van der Waals surface area contributed by atoms with E-state index in [1.54, 1.807) is 0 Å². The van der Waals surface area contributed by atoms with E-state index in [2.05, 4.69) is 59.4 Å². The van der Waals surface area contributed by atoms with Crippen LogP contribution < -0.4 is 10.6 Å². The van der Waals surface area contributed by atoms with E-state index < -0.39 is 0 Å². The molecule has 0 fully saturated rings. The molecule has 2 N–H and O–H groups in total. The fourth-order valence-electron chi connectivity index (χ4n) is 2.65. The number of aliphatic imine (C=N–C) groups is 1. The Labute approximate surface area is 168 Å². The van der Waals surface area contributed by atoms with Crippen LogP contribution in [0.2, 0.25) is 0 Å². The van der Waals surface area contributed by atoms with E-state index in [4.69, 9.17) is 4.99 Å². The van der Waals surface area contributed by atoms with Crippen LogP contribution in [0.1, 0.15) is 32.3 Å². The van der Waals surface area contributed by atoms with Gasteiger partial charge in [-0.2, -0.15) is 0 Å². The third kappa shape index (κ3) is 7.46. The first-order valence-corrected chi connectivity index (χ1v) is 8.73. The largest absolute Gasteiger partial charge is 0.357 e. The maximum Gasteiger partial charge on any atom is 0.191 e. The highest BCUT2D eigenvalue weighted by Gasteiger charge is 2.15. The summed E-state index contributed by atoms with van der Waals surface area (Å²) in [5.74, 6) is 1.76. The monoisotopic (exact) mass is 455 g/mol. The molecule has 0 aliphatic carbocycles. The van der Waals surface area contributed by atoms with Gasteiger partial charge >= 0.3 is 0 Å². The summed E-state index contributed by atoms with van der Waals surface area (Å²) in [5.41, 5.74) is 1.25. The summed E-state index contributed by atoms with van der Waals surface area (Å²) >= 11 is 0. The van der Waals surface area contributed by atoms with Gasteiger partial charge in [0.1, 0.15) is 0 Å². The lowest BCUT2D eigenvalue weighted by atomic mass is 9.89. The van der Waals surface area contributed by atoms with E-state index >= 15 is 0 Å². The van der Waals surface area contributed by atoms with Gasteiger partial charge in [0.15, 0.2) is 5.96 Å². The molecule has 1 atom stereocenters. The summed E-state index contributed by atoms with van der Waals surface area (Å²) in [4.78, 5) is 9.03.